The Bertz CT molecular complexity index is 211. The number of quaternary nitrogens is 1. The van der Waals surface area contributed by atoms with E-state index in [1.807, 2.05) is 13.8 Å². The predicted molar refractivity (Wildman–Crippen MR) is 55.8 cm³/mol. The van der Waals surface area contributed by atoms with Crippen molar-refractivity contribution in [2.75, 3.05) is 27.2 Å². The summed E-state index contributed by atoms with van der Waals surface area (Å²) in [5.41, 5.74) is 0. The Balaban J connectivity index is 2.48. The van der Waals surface area contributed by atoms with Crippen molar-refractivity contribution in [3.8, 4) is 0 Å². The number of carbonyl (C=O) groups is 1. The minimum atomic E-state index is -0.00843. The van der Waals surface area contributed by atoms with Crippen LogP contribution in [0.15, 0.2) is 0 Å². The summed E-state index contributed by atoms with van der Waals surface area (Å²) in [6, 6.07) is 0. The Morgan fingerprint density at radius 1 is 1.43 bits per heavy atom. The molecule has 0 spiro atoms. The van der Waals surface area contributed by atoms with Crippen LogP contribution in [0.1, 0.15) is 26.7 Å². The highest BCUT2D eigenvalue weighted by Crippen LogP contribution is 2.21. The van der Waals surface area contributed by atoms with Gasteiger partial charge in [-0.2, -0.15) is 0 Å². The zero-order valence-electron chi connectivity index (χ0n) is 9.75. The first-order valence-electron chi connectivity index (χ1n) is 5.43. The van der Waals surface area contributed by atoms with E-state index in [1.165, 1.54) is 6.54 Å². The summed E-state index contributed by atoms with van der Waals surface area (Å²) in [6.07, 6.45) is 2.14. The number of nitrogens with zero attached hydrogens (tertiary/aromatic N) is 1. The highest BCUT2D eigenvalue weighted by Gasteiger charge is 2.33. The average molecular weight is 200 g/mol. The van der Waals surface area contributed by atoms with E-state index in [9.17, 15) is 4.79 Å². The molecule has 14 heavy (non-hydrogen) atoms. The van der Waals surface area contributed by atoms with Gasteiger partial charge >= 0.3 is 5.97 Å². The van der Waals surface area contributed by atoms with Crippen LogP contribution in [0, 0.1) is 5.92 Å². The van der Waals surface area contributed by atoms with E-state index in [4.69, 9.17) is 4.74 Å². The smallest absolute Gasteiger partial charge is 0.314 e. The standard InChI is InChI=1S/C11H22NO2/c1-9(2)14-11(13)10-6-5-7-12(3,4)8-10/h9-10H,5-8H2,1-4H3/q+1. The topological polar surface area (TPSA) is 26.3 Å². The maximum Gasteiger partial charge on any atom is 0.314 e. The molecule has 0 bridgehead atoms. The number of rotatable bonds is 2. The lowest BCUT2D eigenvalue weighted by Crippen LogP contribution is -2.49. The molecule has 0 N–H and O–H groups in total. The molecule has 0 aromatic rings. The van der Waals surface area contributed by atoms with Crippen LogP contribution in [0.5, 0.6) is 0 Å². The zero-order chi connectivity index (χ0) is 10.8. The molecular formula is C11H22NO2+. The van der Waals surface area contributed by atoms with E-state index in [0.29, 0.717) is 0 Å². The Morgan fingerprint density at radius 3 is 2.57 bits per heavy atom. The third-order valence-corrected chi connectivity index (χ3v) is 2.72. The molecule has 3 heteroatoms. The summed E-state index contributed by atoms with van der Waals surface area (Å²) < 4.78 is 6.18. The molecule has 1 fully saturated rings. The van der Waals surface area contributed by atoms with Gasteiger partial charge in [-0.3, -0.25) is 4.79 Å². The normalized spacial score (nSPS) is 26.2. The fraction of sp³-hybridized carbons (Fsp3) is 0.909. The van der Waals surface area contributed by atoms with Gasteiger partial charge in [-0.15, -0.1) is 0 Å². The molecule has 82 valence electrons. The molecule has 1 heterocycles. The second-order valence-corrected chi connectivity index (χ2v) is 5.17. The first kappa shape index (κ1) is 11.5. The maximum atomic E-state index is 11.7. The third kappa shape index (κ3) is 3.29. The van der Waals surface area contributed by atoms with Crippen LogP contribution >= 0.6 is 0 Å². The van der Waals surface area contributed by atoms with Crippen LogP contribution in [0.4, 0.5) is 0 Å². The number of hydrogen-bond donors (Lipinski definition) is 0. The number of likely N-dealkylation sites (tertiary alicyclic amines) is 1. The van der Waals surface area contributed by atoms with Gasteiger partial charge in [0.2, 0.25) is 0 Å². The molecule has 1 rings (SSSR count). The van der Waals surface area contributed by atoms with Gasteiger partial charge in [-0.05, 0) is 26.7 Å². The van der Waals surface area contributed by atoms with Gasteiger partial charge in [0.25, 0.3) is 0 Å². The number of hydrogen-bond acceptors (Lipinski definition) is 2. The molecule has 1 atom stereocenters. The second kappa shape index (κ2) is 4.30. The van der Waals surface area contributed by atoms with Gasteiger partial charge in [-0.25, -0.2) is 0 Å². The lowest BCUT2D eigenvalue weighted by Gasteiger charge is -2.37. The second-order valence-electron chi connectivity index (χ2n) is 5.17. The number of piperidine rings is 1. The highest BCUT2D eigenvalue weighted by molar-refractivity contribution is 5.72. The van der Waals surface area contributed by atoms with Crippen LogP contribution in [0.2, 0.25) is 0 Å². The molecule has 1 aliphatic rings. The van der Waals surface area contributed by atoms with Crippen molar-refractivity contribution in [3.63, 3.8) is 0 Å². The van der Waals surface area contributed by atoms with E-state index in [2.05, 4.69) is 14.1 Å². The van der Waals surface area contributed by atoms with Crippen LogP contribution in [-0.2, 0) is 9.53 Å². The average Bonchev–Trinajstić information content (AvgIpc) is 2.01. The van der Waals surface area contributed by atoms with E-state index in [1.54, 1.807) is 0 Å². The van der Waals surface area contributed by atoms with E-state index in [0.717, 1.165) is 23.9 Å². The van der Waals surface area contributed by atoms with Crippen molar-refractivity contribution in [2.24, 2.45) is 5.92 Å². The van der Waals surface area contributed by atoms with Gasteiger partial charge < -0.3 is 9.22 Å². The summed E-state index contributed by atoms with van der Waals surface area (Å²) in [4.78, 5) is 11.7. The van der Waals surface area contributed by atoms with Gasteiger partial charge in [0.15, 0.2) is 0 Å². The fourth-order valence-corrected chi connectivity index (χ4v) is 2.07. The van der Waals surface area contributed by atoms with Crippen molar-refractivity contribution in [2.45, 2.75) is 32.8 Å². The van der Waals surface area contributed by atoms with E-state index in [-0.39, 0.29) is 18.0 Å². The third-order valence-electron chi connectivity index (χ3n) is 2.72. The quantitative estimate of drug-likeness (QED) is 0.498. The number of ether oxygens (including phenoxy) is 1. The Labute approximate surface area is 86.6 Å². The zero-order valence-corrected chi connectivity index (χ0v) is 9.75. The SMILES string of the molecule is CC(C)OC(=O)C1CCC[N+](C)(C)C1. The van der Waals surface area contributed by atoms with Gasteiger partial charge in [0.05, 0.1) is 33.3 Å². The van der Waals surface area contributed by atoms with Crippen molar-refractivity contribution in [1.82, 2.24) is 0 Å². The lowest BCUT2D eigenvalue weighted by atomic mass is 9.97. The van der Waals surface area contributed by atoms with Crippen LogP contribution < -0.4 is 0 Å². The summed E-state index contributed by atoms with van der Waals surface area (Å²) in [5.74, 6) is 0.104. The number of carbonyl (C=O) groups excluding carboxylic acids is 1. The van der Waals surface area contributed by atoms with E-state index < -0.39 is 0 Å². The summed E-state index contributed by atoms with van der Waals surface area (Å²) in [7, 11) is 4.35. The molecule has 1 unspecified atom stereocenters. The van der Waals surface area contributed by atoms with Gasteiger partial charge in [0, 0.05) is 0 Å². The van der Waals surface area contributed by atoms with E-state index >= 15 is 0 Å². The molecule has 0 aliphatic carbocycles. The van der Waals surface area contributed by atoms with Crippen molar-refractivity contribution < 1.29 is 14.0 Å². The molecule has 0 aromatic heterocycles. The Hall–Kier alpha value is -0.570. The molecular weight excluding hydrogens is 178 g/mol. The van der Waals surface area contributed by atoms with Crippen molar-refractivity contribution >= 4 is 5.97 Å². The summed E-state index contributed by atoms with van der Waals surface area (Å²) >= 11 is 0. The predicted octanol–water partition coefficient (Wildman–Crippen LogP) is 1.42. The molecule has 0 saturated carbocycles. The first-order valence-corrected chi connectivity index (χ1v) is 5.43. The van der Waals surface area contributed by atoms with Crippen LogP contribution in [0.3, 0.4) is 0 Å². The minimum Gasteiger partial charge on any atom is -0.463 e. The fourth-order valence-electron chi connectivity index (χ4n) is 2.07. The molecule has 0 aromatic carbocycles. The molecule has 3 nitrogen and oxygen atoms in total. The first-order chi connectivity index (χ1) is 6.41. The van der Waals surface area contributed by atoms with Gasteiger partial charge in [0.1, 0.15) is 5.92 Å². The maximum absolute atomic E-state index is 11.7. The summed E-state index contributed by atoms with van der Waals surface area (Å²) in [5, 5.41) is 0. The minimum absolute atomic E-state index is 0.00843. The molecule has 1 saturated heterocycles. The lowest BCUT2D eigenvalue weighted by molar-refractivity contribution is -0.897. The van der Waals surface area contributed by atoms with Crippen LogP contribution in [-0.4, -0.2) is 43.7 Å². The Morgan fingerprint density at radius 2 is 2.07 bits per heavy atom. The largest absolute Gasteiger partial charge is 0.463 e. The summed E-state index contributed by atoms with van der Waals surface area (Å²) in [6.45, 7) is 5.90. The van der Waals surface area contributed by atoms with Gasteiger partial charge in [-0.1, -0.05) is 0 Å². The molecule has 1 aliphatic heterocycles. The highest BCUT2D eigenvalue weighted by atomic mass is 16.5. The van der Waals surface area contributed by atoms with Crippen molar-refractivity contribution in [1.29, 1.82) is 0 Å². The van der Waals surface area contributed by atoms with Crippen molar-refractivity contribution in [3.05, 3.63) is 0 Å². The Kier molecular flexibility index (Phi) is 3.53. The molecule has 0 radical (unpaired) electrons. The molecule has 0 amide bonds. The number of esters is 1. The monoisotopic (exact) mass is 200 g/mol. The van der Waals surface area contributed by atoms with Crippen LogP contribution in [0.25, 0.3) is 0 Å².